The highest BCUT2D eigenvalue weighted by molar-refractivity contribution is 5.77. The summed E-state index contributed by atoms with van der Waals surface area (Å²) in [4.78, 5) is 3.85. The largest absolute Gasteiger partial charge is 0.491 e. The van der Waals surface area contributed by atoms with Gasteiger partial charge >= 0.3 is 0 Å². The third-order valence-electron chi connectivity index (χ3n) is 2.47. The number of nitrogens with zero attached hydrogens (tertiary/aromatic N) is 1. The molecular weight excluding hydrogens is 230 g/mol. The van der Waals surface area contributed by atoms with E-state index in [9.17, 15) is 0 Å². The lowest BCUT2D eigenvalue weighted by Gasteiger charge is -2.13. The summed E-state index contributed by atoms with van der Waals surface area (Å²) >= 11 is 0. The Morgan fingerprint density at radius 2 is 2.17 bits per heavy atom. The predicted molar refractivity (Wildman–Crippen MR) is 72.9 cm³/mol. The quantitative estimate of drug-likeness (QED) is 0.450. The minimum absolute atomic E-state index is 0.415. The number of ether oxygens (including phenoxy) is 2. The van der Waals surface area contributed by atoms with Crippen LogP contribution in [0.2, 0.25) is 0 Å². The monoisotopic (exact) mass is 251 g/mol. The van der Waals surface area contributed by atoms with E-state index in [-0.39, 0.29) is 0 Å². The summed E-state index contributed by atoms with van der Waals surface area (Å²) < 4.78 is 10.6. The van der Waals surface area contributed by atoms with E-state index >= 15 is 0 Å². The molecule has 1 aromatic rings. The van der Waals surface area contributed by atoms with E-state index in [4.69, 9.17) is 15.2 Å². The van der Waals surface area contributed by atoms with Crippen molar-refractivity contribution >= 4 is 5.96 Å². The molecule has 0 fully saturated rings. The van der Waals surface area contributed by atoms with Crippen molar-refractivity contribution in [3.8, 4) is 5.75 Å². The van der Waals surface area contributed by atoms with Gasteiger partial charge in [-0.2, -0.15) is 0 Å². The van der Waals surface area contributed by atoms with Crippen LogP contribution in [-0.4, -0.2) is 33.3 Å². The van der Waals surface area contributed by atoms with Crippen LogP contribution in [0.25, 0.3) is 0 Å². The summed E-state index contributed by atoms with van der Waals surface area (Å²) in [6.07, 6.45) is 0. The molecular formula is C13H21N3O2. The van der Waals surface area contributed by atoms with Crippen LogP contribution in [-0.2, 0) is 11.3 Å². The van der Waals surface area contributed by atoms with Crippen LogP contribution >= 0.6 is 0 Å². The van der Waals surface area contributed by atoms with Crippen molar-refractivity contribution in [1.29, 1.82) is 0 Å². The molecule has 5 nitrogen and oxygen atoms in total. The molecule has 0 atom stereocenters. The van der Waals surface area contributed by atoms with Crippen LogP contribution in [0.3, 0.4) is 0 Å². The van der Waals surface area contributed by atoms with E-state index in [1.165, 1.54) is 0 Å². The van der Waals surface area contributed by atoms with Crippen LogP contribution in [0.15, 0.2) is 23.2 Å². The van der Waals surface area contributed by atoms with Gasteiger partial charge in [-0.3, -0.25) is 4.99 Å². The molecule has 0 radical (unpaired) electrons. The number of aliphatic imine (C=N–C) groups is 1. The van der Waals surface area contributed by atoms with Gasteiger partial charge in [-0.15, -0.1) is 0 Å². The molecule has 0 aliphatic heterocycles. The first-order valence-electron chi connectivity index (χ1n) is 5.84. The van der Waals surface area contributed by atoms with Crippen LogP contribution in [0.1, 0.15) is 11.1 Å². The molecule has 0 unspecified atom stereocenters. The zero-order valence-corrected chi connectivity index (χ0v) is 11.2. The standard InChI is InChI=1S/C13H21N3O2/c1-10-4-5-11(9-16-13(14)15-2)12(8-10)18-7-6-17-3/h4-5,8H,6-7,9H2,1-3H3,(H3,14,15,16). The highest BCUT2D eigenvalue weighted by Crippen LogP contribution is 2.20. The van der Waals surface area contributed by atoms with E-state index < -0.39 is 0 Å². The number of rotatable bonds is 6. The molecule has 0 amide bonds. The Morgan fingerprint density at radius 1 is 1.39 bits per heavy atom. The Kier molecular flexibility index (Phi) is 6.00. The van der Waals surface area contributed by atoms with Gasteiger partial charge < -0.3 is 20.5 Å². The Morgan fingerprint density at radius 3 is 2.83 bits per heavy atom. The average Bonchev–Trinajstić information content (AvgIpc) is 2.37. The smallest absolute Gasteiger partial charge is 0.188 e. The number of nitrogens with two attached hydrogens (primary N) is 1. The number of hydrogen-bond donors (Lipinski definition) is 2. The minimum atomic E-state index is 0.415. The van der Waals surface area contributed by atoms with Crippen LogP contribution < -0.4 is 15.8 Å². The first-order chi connectivity index (χ1) is 8.67. The molecule has 0 bridgehead atoms. The molecule has 1 rings (SSSR count). The highest BCUT2D eigenvalue weighted by Gasteiger charge is 2.04. The summed E-state index contributed by atoms with van der Waals surface area (Å²) in [6.45, 7) is 3.72. The molecule has 1 aromatic carbocycles. The maximum absolute atomic E-state index is 5.68. The van der Waals surface area contributed by atoms with Crippen LogP contribution in [0.4, 0.5) is 0 Å². The maximum Gasteiger partial charge on any atom is 0.188 e. The van der Waals surface area contributed by atoms with E-state index in [1.807, 2.05) is 25.1 Å². The second kappa shape index (κ2) is 7.55. The Hall–Kier alpha value is -1.75. The fourth-order valence-corrected chi connectivity index (χ4v) is 1.44. The molecule has 5 heteroatoms. The Labute approximate surface area is 108 Å². The first-order valence-corrected chi connectivity index (χ1v) is 5.84. The fourth-order valence-electron chi connectivity index (χ4n) is 1.44. The van der Waals surface area contributed by atoms with Gasteiger partial charge in [0.2, 0.25) is 0 Å². The number of hydrogen-bond acceptors (Lipinski definition) is 3. The van der Waals surface area contributed by atoms with Gasteiger partial charge in [0.25, 0.3) is 0 Å². The van der Waals surface area contributed by atoms with E-state index in [0.29, 0.717) is 25.7 Å². The van der Waals surface area contributed by atoms with Gasteiger partial charge in [0.05, 0.1) is 6.61 Å². The molecule has 100 valence electrons. The third kappa shape index (κ3) is 4.63. The van der Waals surface area contributed by atoms with Gasteiger partial charge in [-0.25, -0.2) is 0 Å². The topological polar surface area (TPSA) is 68.9 Å². The van der Waals surface area contributed by atoms with Crippen LogP contribution in [0, 0.1) is 6.92 Å². The van der Waals surface area contributed by atoms with Crippen molar-refractivity contribution in [2.75, 3.05) is 27.4 Å². The van der Waals surface area contributed by atoms with Crippen molar-refractivity contribution in [2.45, 2.75) is 13.5 Å². The number of nitrogens with one attached hydrogen (secondary N) is 1. The number of benzene rings is 1. The van der Waals surface area contributed by atoms with Crippen molar-refractivity contribution in [3.63, 3.8) is 0 Å². The third-order valence-corrected chi connectivity index (χ3v) is 2.47. The van der Waals surface area contributed by atoms with Gasteiger partial charge in [0, 0.05) is 26.3 Å². The Bertz CT molecular complexity index is 405. The lowest BCUT2D eigenvalue weighted by molar-refractivity contribution is 0.145. The first kappa shape index (κ1) is 14.3. The average molecular weight is 251 g/mol. The summed E-state index contributed by atoms with van der Waals surface area (Å²) in [5.41, 5.74) is 7.80. The summed E-state index contributed by atoms with van der Waals surface area (Å²) in [5, 5.41) is 3.02. The Balaban J connectivity index is 2.69. The molecule has 18 heavy (non-hydrogen) atoms. The normalized spacial score (nSPS) is 11.4. The lowest BCUT2D eigenvalue weighted by Crippen LogP contribution is -2.30. The van der Waals surface area contributed by atoms with Gasteiger partial charge in [0.1, 0.15) is 12.4 Å². The van der Waals surface area contributed by atoms with Crippen LogP contribution in [0.5, 0.6) is 5.75 Å². The summed E-state index contributed by atoms with van der Waals surface area (Å²) in [7, 11) is 3.30. The zero-order chi connectivity index (χ0) is 13.4. The number of methoxy groups -OCH3 is 1. The second-order valence-electron chi connectivity index (χ2n) is 3.91. The van der Waals surface area contributed by atoms with Gasteiger partial charge in [-0.05, 0) is 18.6 Å². The number of guanidine groups is 1. The molecule has 0 saturated carbocycles. The van der Waals surface area contributed by atoms with E-state index in [2.05, 4.69) is 10.3 Å². The van der Waals surface area contributed by atoms with E-state index in [1.54, 1.807) is 14.2 Å². The number of aryl methyl sites for hydroxylation is 1. The van der Waals surface area contributed by atoms with Gasteiger partial charge in [-0.1, -0.05) is 12.1 Å². The molecule has 0 spiro atoms. The maximum atomic E-state index is 5.68. The van der Waals surface area contributed by atoms with Crippen molar-refractivity contribution in [1.82, 2.24) is 5.32 Å². The SMILES string of the molecule is CN=C(N)NCc1ccc(C)cc1OCCOC. The molecule has 0 aromatic heterocycles. The lowest BCUT2D eigenvalue weighted by atomic mass is 10.1. The molecule has 0 saturated heterocycles. The summed E-state index contributed by atoms with van der Waals surface area (Å²) in [6, 6.07) is 6.07. The predicted octanol–water partition coefficient (Wildman–Crippen LogP) is 1.05. The molecule has 3 N–H and O–H groups in total. The molecule has 0 aliphatic rings. The van der Waals surface area contributed by atoms with Crippen molar-refractivity contribution in [3.05, 3.63) is 29.3 Å². The molecule has 0 aliphatic carbocycles. The zero-order valence-electron chi connectivity index (χ0n) is 11.2. The second-order valence-corrected chi connectivity index (χ2v) is 3.91. The fraction of sp³-hybridized carbons (Fsp3) is 0.462. The van der Waals surface area contributed by atoms with E-state index in [0.717, 1.165) is 16.9 Å². The van der Waals surface area contributed by atoms with Crippen molar-refractivity contribution < 1.29 is 9.47 Å². The highest BCUT2D eigenvalue weighted by atomic mass is 16.5. The van der Waals surface area contributed by atoms with Crippen molar-refractivity contribution in [2.24, 2.45) is 10.7 Å². The van der Waals surface area contributed by atoms with Gasteiger partial charge in [0.15, 0.2) is 5.96 Å². The minimum Gasteiger partial charge on any atom is -0.491 e. The molecule has 0 heterocycles. The summed E-state index contributed by atoms with van der Waals surface area (Å²) in [5.74, 6) is 1.27.